The van der Waals surface area contributed by atoms with Gasteiger partial charge in [0.2, 0.25) is 11.6 Å². The van der Waals surface area contributed by atoms with Crippen LogP contribution in [0.2, 0.25) is 0 Å². The summed E-state index contributed by atoms with van der Waals surface area (Å²) < 4.78 is 1.74. The van der Waals surface area contributed by atoms with E-state index in [0.717, 1.165) is 8.95 Å². The Morgan fingerprint density at radius 3 is 1.15 bits per heavy atom. The lowest BCUT2D eigenvalue weighted by atomic mass is 10.0. The van der Waals surface area contributed by atoms with Crippen LogP contribution in [-0.2, 0) is 0 Å². The lowest BCUT2D eigenvalue weighted by Gasteiger charge is -2.01. The van der Waals surface area contributed by atoms with Crippen molar-refractivity contribution in [2.75, 3.05) is 0 Å². The van der Waals surface area contributed by atoms with E-state index in [2.05, 4.69) is 31.9 Å². The molecule has 2 aromatic carbocycles. The first-order chi connectivity index (χ1) is 9.58. The quantitative estimate of drug-likeness (QED) is 0.519. The van der Waals surface area contributed by atoms with Crippen LogP contribution in [0, 0.1) is 0 Å². The molecule has 0 atom stereocenters. The van der Waals surface area contributed by atoms with Crippen molar-refractivity contribution in [3.05, 3.63) is 68.6 Å². The molecular formula is C16H14Br2O2. The van der Waals surface area contributed by atoms with E-state index in [0.29, 0.717) is 11.1 Å². The molecular weight excluding hydrogens is 384 g/mol. The van der Waals surface area contributed by atoms with Gasteiger partial charge < -0.3 is 0 Å². The van der Waals surface area contributed by atoms with Crippen LogP contribution in [0.15, 0.2) is 57.5 Å². The number of carbonyl (C=O) groups excluding carboxylic acids is 2. The number of benzene rings is 2. The normalized spacial score (nSPS) is 9.40. The molecule has 0 N–H and O–H groups in total. The van der Waals surface area contributed by atoms with Crippen LogP contribution in [0.4, 0.5) is 0 Å². The van der Waals surface area contributed by atoms with Crippen LogP contribution >= 0.6 is 31.9 Å². The fourth-order valence-electron chi connectivity index (χ4n) is 1.46. The van der Waals surface area contributed by atoms with Gasteiger partial charge in [0.1, 0.15) is 0 Å². The van der Waals surface area contributed by atoms with Crippen LogP contribution < -0.4 is 0 Å². The van der Waals surface area contributed by atoms with E-state index in [-0.39, 0.29) is 0 Å². The second-order valence-electron chi connectivity index (χ2n) is 3.67. The van der Waals surface area contributed by atoms with E-state index in [1.807, 2.05) is 13.8 Å². The Labute approximate surface area is 135 Å². The van der Waals surface area contributed by atoms with Crippen molar-refractivity contribution >= 4 is 43.4 Å². The number of hydrogen-bond donors (Lipinski definition) is 0. The molecule has 0 aromatic heterocycles. The molecule has 0 amide bonds. The molecule has 2 rings (SSSR count). The highest BCUT2D eigenvalue weighted by atomic mass is 79.9. The number of halogens is 2. The van der Waals surface area contributed by atoms with Gasteiger partial charge >= 0.3 is 0 Å². The first-order valence-electron chi connectivity index (χ1n) is 6.18. The summed E-state index contributed by atoms with van der Waals surface area (Å²) in [4.78, 5) is 23.9. The third-order valence-electron chi connectivity index (χ3n) is 2.42. The molecule has 0 unspecified atom stereocenters. The smallest absolute Gasteiger partial charge is 0.233 e. The lowest BCUT2D eigenvalue weighted by Crippen LogP contribution is -2.14. The standard InChI is InChI=1S/C14H8Br2O2.C2H6/c15-11-5-1-9(2-6-11)13(17)14(18)10-3-7-12(16)8-4-10;1-2/h1-8H;1-2H3. The molecule has 104 valence electrons. The van der Waals surface area contributed by atoms with Gasteiger partial charge in [-0.05, 0) is 48.5 Å². The van der Waals surface area contributed by atoms with Gasteiger partial charge in [-0.3, -0.25) is 9.59 Å². The Kier molecular flexibility index (Phi) is 6.82. The largest absolute Gasteiger partial charge is 0.285 e. The van der Waals surface area contributed by atoms with Crippen LogP contribution in [-0.4, -0.2) is 11.6 Å². The highest BCUT2D eigenvalue weighted by Crippen LogP contribution is 2.15. The van der Waals surface area contributed by atoms with E-state index in [1.54, 1.807) is 48.5 Å². The molecule has 20 heavy (non-hydrogen) atoms. The van der Waals surface area contributed by atoms with Crippen molar-refractivity contribution in [1.82, 2.24) is 0 Å². The molecule has 0 saturated heterocycles. The maximum absolute atomic E-state index is 12.0. The highest BCUT2D eigenvalue weighted by molar-refractivity contribution is 9.10. The molecule has 4 heteroatoms. The maximum atomic E-state index is 12.0. The molecule has 0 aliphatic heterocycles. The Balaban J connectivity index is 0.000000956. The molecule has 2 nitrogen and oxygen atoms in total. The molecule has 0 bridgehead atoms. The molecule has 0 aliphatic rings. The van der Waals surface area contributed by atoms with Crippen molar-refractivity contribution in [3.8, 4) is 0 Å². The van der Waals surface area contributed by atoms with E-state index in [9.17, 15) is 9.59 Å². The SMILES string of the molecule is CC.O=C(C(=O)c1ccc(Br)cc1)c1ccc(Br)cc1. The van der Waals surface area contributed by atoms with E-state index < -0.39 is 11.6 Å². The Morgan fingerprint density at radius 1 is 0.650 bits per heavy atom. The van der Waals surface area contributed by atoms with Crippen molar-refractivity contribution in [3.63, 3.8) is 0 Å². The Morgan fingerprint density at radius 2 is 0.900 bits per heavy atom. The summed E-state index contributed by atoms with van der Waals surface area (Å²) in [6, 6.07) is 13.5. The molecule has 0 aliphatic carbocycles. The van der Waals surface area contributed by atoms with E-state index in [4.69, 9.17) is 0 Å². The van der Waals surface area contributed by atoms with Gasteiger partial charge in [-0.2, -0.15) is 0 Å². The van der Waals surface area contributed by atoms with Crippen LogP contribution in [0.25, 0.3) is 0 Å². The first-order valence-corrected chi connectivity index (χ1v) is 7.76. The minimum absolute atomic E-state index is 0.395. The van der Waals surface area contributed by atoms with E-state index >= 15 is 0 Å². The van der Waals surface area contributed by atoms with Gasteiger partial charge in [0, 0.05) is 20.1 Å². The second-order valence-corrected chi connectivity index (χ2v) is 5.50. The zero-order chi connectivity index (χ0) is 15.1. The number of carbonyl (C=O) groups is 2. The molecule has 0 radical (unpaired) electrons. The van der Waals surface area contributed by atoms with Gasteiger partial charge in [-0.25, -0.2) is 0 Å². The summed E-state index contributed by atoms with van der Waals surface area (Å²) in [7, 11) is 0. The predicted octanol–water partition coefficient (Wildman–Crippen LogP) is 5.30. The molecule has 0 fully saturated rings. The van der Waals surface area contributed by atoms with Crippen LogP contribution in [0.1, 0.15) is 34.6 Å². The zero-order valence-corrected chi connectivity index (χ0v) is 14.4. The summed E-state index contributed by atoms with van der Waals surface area (Å²) in [5.74, 6) is -0.991. The monoisotopic (exact) mass is 396 g/mol. The Bertz CT molecular complexity index is 531. The number of hydrogen-bond acceptors (Lipinski definition) is 2. The molecule has 0 saturated carbocycles. The van der Waals surface area contributed by atoms with Gasteiger partial charge in [0.15, 0.2) is 0 Å². The third kappa shape index (κ3) is 4.39. The number of rotatable bonds is 3. The summed E-state index contributed by atoms with van der Waals surface area (Å²) in [6.45, 7) is 4.00. The average molecular weight is 398 g/mol. The fraction of sp³-hybridized carbons (Fsp3) is 0.125. The number of ketones is 2. The highest BCUT2D eigenvalue weighted by Gasteiger charge is 2.17. The topological polar surface area (TPSA) is 34.1 Å². The van der Waals surface area contributed by atoms with Crippen molar-refractivity contribution in [1.29, 1.82) is 0 Å². The zero-order valence-electron chi connectivity index (χ0n) is 11.2. The van der Waals surface area contributed by atoms with Crippen molar-refractivity contribution < 1.29 is 9.59 Å². The van der Waals surface area contributed by atoms with Gasteiger partial charge in [0.05, 0.1) is 0 Å². The minimum atomic E-state index is -0.496. The minimum Gasteiger partial charge on any atom is -0.285 e. The predicted molar refractivity (Wildman–Crippen MR) is 88.3 cm³/mol. The first kappa shape index (κ1) is 16.8. The fourth-order valence-corrected chi connectivity index (χ4v) is 1.99. The van der Waals surface area contributed by atoms with Crippen molar-refractivity contribution in [2.24, 2.45) is 0 Å². The third-order valence-corrected chi connectivity index (χ3v) is 3.48. The molecule has 0 heterocycles. The molecule has 2 aromatic rings. The van der Waals surface area contributed by atoms with Crippen LogP contribution in [0.5, 0.6) is 0 Å². The van der Waals surface area contributed by atoms with Crippen LogP contribution in [0.3, 0.4) is 0 Å². The van der Waals surface area contributed by atoms with Crippen molar-refractivity contribution in [2.45, 2.75) is 13.8 Å². The summed E-state index contributed by atoms with van der Waals surface area (Å²) in [5, 5.41) is 0. The lowest BCUT2D eigenvalue weighted by molar-refractivity contribution is 0.0817. The summed E-state index contributed by atoms with van der Waals surface area (Å²) in [5.41, 5.74) is 0.789. The summed E-state index contributed by atoms with van der Waals surface area (Å²) in [6.07, 6.45) is 0. The molecule has 0 spiro atoms. The average Bonchev–Trinajstić information content (AvgIpc) is 2.49. The summed E-state index contributed by atoms with van der Waals surface area (Å²) >= 11 is 6.57. The Hall–Kier alpha value is -1.26. The van der Waals surface area contributed by atoms with Gasteiger partial charge in [-0.1, -0.05) is 45.7 Å². The maximum Gasteiger partial charge on any atom is 0.233 e. The second kappa shape index (κ2) is 8.12. The van der Waals surface area contributed by atoms with E-state index in [1.165, 1.54) is 0 Å². The van der Waals surface area contributed by atoms with Gasteiger partial charge in [0.25, 0.3) is 0 Å². The van der Waals surface area contributed by atoms with Gasteiger partial charge in [-0.15, -0.1) is 0 Å². The number of Topliss-reactive ketones (excluding diaryl/α,β-unsaturated/α-hetero) is 2.